The first-order valence-electron chi connectivity index (χ1n) is 6.13. The Bertz CT molecular complexity index is 394. The molecular formula is C13H19N3S. The van der Waals surface area contributed by atoms with Crippen LogP contribution in [-0.2, 0) is 0 Å². The molecule has 0 bridgehead atoms. The molecule has 17 heavy (non-hydrogen) atoms. The number of hydrogen-bond donors (Lipinski definition) is 2. The number of nitrogens with zero attached hydrogens (tertiary/aromatic N) is 1. The predicted octanol–water partition coefficient (Wildman–Crippen LogP) is 2.85. The van der Waals surface area contributed by atoms with Gasteiger partial charge >= 0.3 is 0 Å². The Morgan fingerprint density at radius 3 is 2.59 bits per heavy atom. The SMILES string of the molecule is CC1(Nc2ccc(C(N)=S)nc2)CCCCC1. The number of nitrogens with two attached hydrogens (primary N) is 1. The average molecular weight is 249 g/mol. The van der Waals surface area contributed by atoms with Gasteiger partial charge in [-0.15, -0.1) is 0 Å². The van der Waals surface area contributed by atoms with Crippen molar-refractivity contribution >= 4 is 22.9 Å². The van der Waals surface area contributed by atoms with Crippen LogP contribution in [-0.4, -0.2) is 15.5 Å². The summed E-state index contributed by atoms with van der Waals surface area (Å²) >= 11 is 4.88. The molecule has 0 saturated heterocycles. The molecule has 0 aromatic carbocycles. The molecule has 92 valence electrons. The Hall–Kier alpha value is -1.16. The van der Waals surface area contributed by atoms with Crippen LogP contribution in [0.4, 0.5) is 5.69 Å². The van der Waals surface area contributed by atoms with Gasteiger partial charge in [-0.2, -0.15) is 0 Å². The van der Waals surface area contributed by atoms with Gasteiger partial charge in [-0.3, -0.25) is 4.98 Å². The molecule has 1 aromatic heterocycles. The van der Waals surface area contributed by atoms with Gasteiger partial charge in [-0.25, -0.2) is 0 Å². The third-order valence-corrected chi connectivity index (χ3v) is 3.63. The third-order valence-electron chi connectivity index (χ3n) is 3.42. The summed E-state index contributed by atoms with van der Waals surface area (Å²) in [6, 6.07) is 3.87. The highest BCUT2D eigenvalue weighted by Gasteiger charge is 2.26. The molecule has 2 rings (SSSR count). The number of aromatic nitrogens is 1. The van der Waals surface area contributed by atoms with Gasteiger partial charge < -0.3 is 11.1 Å². The molecule has 3 nitrogen and oxygen atoms in total. The van der Waals surface area contributed by atoms with E-state index in [-0.39, 0.29) is 5.54 Å². The van der Waals surface area contributed by atoms with Crippen LogP contribution in [0.1, 0.15) is 44.7 Å². The molecule has 1 aliphatic rings. The molecule has 3 N–H and O–H groups in total. The quantitative estimate of drug-likeness (QED) is 0.809. The van der Waals surface area contributed by atoms with E-state index in [4.69, 9.17) is 18.0 Å². The summed E-state index contributed by atoms with van der Waals surface area (Å²) in [5.41, 5.74) is 7.47. The molecule has 0 aliphatic heterocycles. The van der Waals surface area contributed by atoms with E-state index in [9.17, 15) is 0 Å². The summed E-state index contributed by atoms with van der Waals surface area (Å²) < 4.78 is 0. The van der Waals surface area contributed by atoms with E-state index in [1.807, 2.05) is 18.3 Å². The van der Waals surface area contributed by atoms with Crippen molar-refractivity contribution in [2.45, 2.75) is 44.6 Å². The lowest BCUT2D eigenvalue weighted by Gasteiger charge is -2.35. The first-order valence-corrected chi connectivity index (χ1v) is 6.54. The van der Waals surface area contributed by atoms with Crippen LogP contribution in [0.15, 0.2) is 18.3 Å². The monoisotopic (exact) mass is 249 g/mol. The normalized spacial score (nSPS) is 18.6. The van der Waals surface area contributed by atoms with E-state index in [1.54, 1.807) is 0 Å². The van der Waals surface area contributed by atoms with Gasteiger partial charge in [0, 0.05) is 5.54 Å². The van der Waals surface area contributed by atoms with E-state index in [0.29, 0.717) is 10.7 Å². The van der Waals surface area contributed by atoms with Crippen LogP contribution in [0.2, 0.25) is 0 Å². The van der Waals surface area contributed by atoms with Gasteiger partial charge in [-0.05, 0) is 31.9 Å². The maximum Gasteiger partial charge on any atom is 0.122 e. The number of hydrogen-bond acceptors (Lipinski definition) is 3. The van der Waals surface area contributed by atoms with Crippen molar-refractivity contribution in [3.8, 4) is 0 Å². The van der Waals surface area contributed by atoms with E-state index in [0.717, 1.165) is 5.69 Å². The molecule has 1 saturated carbocycles. The molecule has 4 heteroatoms. The fourth-order valence-electron chi connectivity index (χ4n) is 2.42. The number of nitrogens with one attached hydrogen (secondary N) is 1. The molecule has 1 fully saturated rings. The van der Waals surface area contributed by atoms with Gasteiger partial charge in [0.05, 0.1) is 17.6 Å². The fraction of sp³-hybridized carbons (Fsp3) is 0.538. The minimum absolute atomic E-state index is 0.213. The van der Waals surface area contributed by atoms with Crippen molar-refractivity contribution in [1.82, 2.24) is 4.98 Å². The molecule has 0 radical (unpaired) electrons. The standard InChI is InChI=1S/C13H19N3S/c1-13(7-3-2-4-8-13)16-10-5-6-11(12(14)17)15-9-10/h5-6,9,16H,2-4,7-8H2,1H3,(H2,14,17). The lowest BCUT2D eigenvalue weighted by molar-refractivity contribution is 0.349. The third kappa shape index (κ3) is 3.16. The Balaban J connectivity index is 2.05. The maximum atomic E-state index is 5.52. The van der Waals surface area contributed by atoms with Crippen LogP contribution in [0.25, 0.3) is 0 Å². The molecule has 0 unspecified atom stereocenters. The Morgan fingerprint density at radius 1 is 1.35 bits per heavy atom. The lowest BCUT2D eigenvalue weighted by Crippen LogP contribution is -2.36. The van der Waals surface area contributed by atoms with Gasteiger partial charge in [0.15, 0.2) is 0 Å². The van der Waals surface area contributed by atoms with Gasteiger partial charge in [0.1, 0.15) is 4.99 Å². The van der Waals surface area contributed by atoms with Gasteiger partial charge in [0.2, 0.25) is 0 Å². The largest absolute Gasteiger partial charge is 0.388 e. The Morgan fingerprint density at radius 2 is 2.06 bits per heavy atom. The van der Waals surface area contributed by atoms with Crippen LogP contribution in [0.5, 0.6) is 0 Å². The van der Waals surface area contributed by atoms with E-state index in [2.05, 4.69) is 17.2 Å². The molecular weight excluding hydrogens is 230 g/mol. The minimum atomic E-state index is 0.213. The predicted molar refractivity (Wildman–Crippen MR) is 75.2 cm³/mol. The zero-order chi connectivity index (χ0) is 12.3. The van der Waals surface area contributed by atoms with E-state index >= 15 is 0 Å². The van der Waals surface area contributed by atoms with E-state index in [1.165, 1.54) is 32.1 Å². The topological polar surface area (TPSA) is 50.9 Å². The van der Waals surface area contributed by atoms with Crippen molar-refractivity contribution in [1.29, 1.82) is 0 Å². The summed E-state index contributed by atoms with van der Waals surface area (Å²) in [5, 5.41) is 3.58. The first kappa shape index (κ1) is 12.3. The smallest absolute Gasteiger partial charge is 0.122 e. The fourth-order valence-corrected chi connectivity index (χ4v) is 2.54. The van der Waals surface area contributed by atoms with Crippen molar-refractivity contribution in [3.05, 3.63) is 24.0 Å². The summed E-state index contributed by atoms with van der Waals surface area (Å²) in [6.07, 6.45) is 8.24. The highest BCUT2D eigenvalue weighted by Crippen LogP contribution is 2.30. The van der Waals surface area contributed by atoms with Crippen molar-refractivity contribution < 1.29 is 0 Å². The summed E-state index contributed by atoms with van der Waals surface area (Å²) in [4.78, 5) is 4.59. The van der Waals surface area contributed by atoms with E-state index < -0.39 is 0 Å². The van der Waals surface area contributed by atoms with Crippen molar-refractivity contribution in [3.63, 3.8) is 0 Å². The average Bonchev–Trinajstić information content (AvgIpc) is 2.30. The number of rotatable bonds is 3. The van der Waals surface area contributed by atoms with Crippen molar-refractivity contribution in [2.75, 3.05) is 5.32 Å². The second kappa shape index (κ2) is 5.00. The highest BCUT2D eigenvalue weighted by atomic mass is 32.1. The lowest BCUT2D eigenvalue weighted by atomic mass is 9.83. The molecule has 1 aliphatic carbocycles. The van der Waals surface area contributed by atoms with Crippen LogP contribution < -0.4 is 11.1 Å². The van der Waals surface area contributed by atoms with Gasteiger partial charge in [-0.1, -0.05) is 31.5 Å². The van der Waals surface area contributed by atoms with Crippen LogP contribution in [0, 0.1) is 0 Å². The van der Waals surface area contributed by atoms with Gasteiger partial charge in [0.25, 0.3) is 0 Å². The zero-order valence-corrected chi connectivity index (χ0v) is 11.0. The first-order chi connectivity index (χ1) is 8.09. The summed E-state index contributed by atoms with van der Waals surface area (Å²) in [6.45, 7) is 2.29. The minimum Gasteiger partial charge on any atom is -0.388 e. The molecule has 0 amide bonds. The van der Waals surface area contributed by atoms with Crippen LogP contribution in [0.3, 0.4) is 0 Å². The number of thiocarbonyl (C=S) groups is 1. The Kier molecular flexibility index (Phi) is 3.62. The molecule has 1 heterocycles. The second-order valence-electron chi connectivity index (χ2n) is 5.04. The number of pyridine rings is 1. The maximum absolute atomic E-state index is 5.52. The highest BCUT2D eigenvalue weighted by molar-refractivity contribution is 7.80. The zero-order valence-electron chi connectivity index (χ0n) is 10.2. The second-order valence-corrected chi connectivity index (χ2v) is 5.48. The summed E-state index contributed by atoms with van der Waals surface area (Å²) in [5.74, 6) is 0. The number of anilines is 1. The van der Waals surface area contributed by atoms with Crippen LogP contribution >= 0.6 is 12.2 Å². The molecule has 0 spiro atoms. The summed E-state index contributed by atoms with van der Waals surface area (Å²) in [7, 11) is 0. The van der Waals surface area contributed by atoms with Crippen molar-refractivity contribution in [2.24, 2.45) is 5.73 Å². The molecule has 1 aromatic rings. The Labute approximate surface area is 108 Å². The molecule has 0 atom stereocenters.